The normalized spacial score (nSPS) is 17.2. The maximum absolute atomic E-state index is 11.9. The topological polar surface area (TPSA) is 323 Å². The Labute approximate surface area is 491 Å². The number of likely N-dealkylation sites (N-methyl/N-ethyl adjacent to an activating group) is 3. The number of allylic oxidation sites excluding steroid dienone is 8. The summed E-state index contributed by atoms with van der Waals surface area (Å²) < 4.78 is 0. The minimum absolute atomic E-state index is 0.0698. The molecule has 3 saturated heterocycles. The van der Waals surface area contributed by atoms with Gasteiger partial charge in [0.2, 0.25) is 35.4 Å². The summed E-state index contributed by atoms with van der Waals surface area (Å²) in [4.78, 5) is 143. The lowest BCUT2D eigenvalue weighted by Crippen LogP contribution is -2.61. The Hall–Kier alpha value is -7.40. The Morgan fingerprint density at radius 2 is 0.723 bits per heavy atom. The lowest BCUT2D eigenvalue weighted by atomic mass is 10.1. The van der Waals surface area contributed by atoms with Crippen LogP contribution < -0.4 is 47.9 Å². The van der Waals surface area contributed by atoms with Crippen molar-refractivity contribution < 1.29 is 57.5 Å². The van der Waals surface area contributed by atoms with Crippen LogP contribution in [0, 0.1) is 5.92 Å². The van der Waals surface area contributed by atoms with Crippen LogP contribution >= 0.6 is 0 Å². The molecule has 24 heteroatoms. The van der Waals surface area contributed by atoms with E-state index in [2.05, 4.69) is 99.9 Å². The van der Waals surface area contributed by atoms with Crippen molar-refractivity contribution in [3.05, 3.63) is 48.6 Å². The standard InChI is InChI=1S/C21H34N4O4.2C19H32N4O4/c1-3-4-5-6-7-8-9-10-11-12-13-18(26)22-15-14-19(27)24-17-16-23-21(29)25(2)20(17)28;1-14(2)9-7-5-4-6-8-10-16(24)20-12-11-17(25)22-15-13-21-19(27)23(3)18(15)26;1-3-4-5-6-7-8-9-10-11-16(24)20-13-12-17(25)22-15-14-21-19(27)23(2)18(15)26/h7-8,10-11,17H,3-6,9,12-16H2,1-2H3,(H,22,26)(H,23,29)(H,24,27);4,6,14-15H,5,7-13H2,1-3H3,(H,20,24)(H,21,27)(H,22,25);8-9,15H,3-7,10-14H2,1-2H3,(H,20,24)(H,21,27)(H,22,25)/b8-7-,11-10-;6-4-;9-8-/t17-;2*15-/m111/s1. The highest BCUT2D eigenvalue weighted by Gasteiger charge is 2.34. The zero-order valence-electron chi connectivity index (χ0n) is 50.5. The summed E-state index contributed by atoms with van der Waals surface area (Å²) in [6, 6.07) is -3.74. The second kappa shape index (κ2) is 45.2. The van der Waals surface area contributed by atoms with E-state index in [1.807, 2.05) is 24.3 Å². The van der Waals surface area contributed by atoms with Gasteiger partial charge >= 0.3 is 18.1 Å². The average Bonchev–Trinajstić information content (AvgIpc) is 3.51. The fraction of sp³-hybridized carbons (Fsp3) is 0.661. The zero-order valence-corrected chi connectivity index (χ0v) is 50.5. The molecule has 3 heterocycles. The summed E-state index contributed by atoms with van der Waals surface area (Å²) in [5.74, 6) is -1.97. The molecule has 3 atom stereocenters. The smallest absolute Gasteiger partial charge is 0.323 e. The van der Waals surface area contributed by atoms with Gasteiger partial charge in [-0.15, -0.1) is 0 Å². The van der Waals surface area contributed by atoms with Gasteiger partial charge in [0.05, 0.1) is 0 Å². The number of carbonyl (C=O) groups is 12. The van der Waals surface area contributed by atoms with Crippen molar-refractivity contribution in [2.24, 2.45) is 5.92 Å². The molecule has 15 amide bonds. The molecule has 0 saturated carbocycles. The highest BCUT2D eigenvalue weighted by atomic mass is 16.2. The van der Waals surface area contributed by atoms with E-state index in [0.29, 0.717) is 38.5 Å². The van der Waals surface area contributed by atoms with E-state index in [4.69, 9.17) is 0 Å². The molecule has 0 aromatic heterocycles. The third kappa shape index (κ3) is 35.3. The van der Waals surface area contributed by atoms with E-state index in [-0.39, 0.29) is 94.0 Å². The molecule has 3 rings (SSSR count). The first-order chi connectivity index (χ1) is 39.7. The number of urea groups is 3. The molecule has 9 N–H and O–H groups in total. The second-order valence-corrected chi connectivity index (χ2v) is 20.8. The third-order valence-electron chi connectivity index (χ3n) is 13.1. The van der Waals surface area contributed by atoms with Gasteiger partial charge in [-0.25, -0.2) is 14.4 Å². The molecule has 3 aliphatic heterocycles. The minimum Gasteiger partial charge on any atom is -0.356 e. The van der Waals surface area contributed by atoms with Crippen LogP contribution in [0.3, 0.4) is 0 Å². The molecule has 0 aromatic rings. The van der Waals surface area contributed by atoms with Gasteiger partial charge in [0, 0.05) is 98.9 Å². The summed E-state index contributed by atoms with van der Waals surface area (Å²) in [6.07, 6.45) is 35.2. The molecule has 0 spiro atoms. The van der Waals surface area contributed by atoms with Gasteiger partial charge in [-0.05, 0) is 70.1 Å². The first-order valence-electron chi connectivity index (χ1n) is 29.7. The summed E-state index contributed by atoms with van der Waals surface area (Å²) in [5, 5.41) is 23.3. The van der Waals surface area contributed by atoms with Gasteiger partial charge in [-0.3, -0.25) is 57.9 Å². The molecule has 0 bridgehead atoms. The predicted molar refractivity (Wildman–Crippen MR) is 318 cm³/mol. The van der Waals surface area contributed by atoms with Gasteiger partial charge in [0.15, 0.2) is 0 Å². The van der Waals surface area contributed by atoms with Crippen molar-refractivity contribution in [2.75, 3.05) is 60.4 Å². The van der Waals surface area contributed by atoms with E-state index >= 15 is 0 Å². The first-order valence-corrected chi connectivity index (χ1v) is 29.7. The van der Waals surface area contributed by atoms with Crippen LogP contribution in [0.25, 0.3) is 0 Å². The van der Waals surface area contributed by atoms with Gasteiger partial charge in [-0.2, -0.15) is 0 Å². The van der Waals surface area contributed by atoms with E-state index in [1.165, 1.54) is 78.9 Å². The molecule has 0 aromatic carbocycles. The van der Waals surface area contributed by atoms with Crippen molar-refractivity contribution in [1.82, 2.24) is 62.6 Å². The maximum Gasteiger partial charge on any atom is 0.323 e. The highest BCUT2D eigenvalue weighted by Crippen LogP contribution is 2.09. The first kappa shape index (κ1) is 73.6. The van der Waals surface area contributed by atoms with Gasteiger partial charge in [-0.1, -0.05) is 115 Å². The van der Waals surface area contributed by atoms with Crippen LogP contribution in [-0.4, -0.2) is 164 Å². The van der Waals surface area contributed by atoms with Crippen LogP contribution in [0.2, 0.25) is 0 Å². The fourth-order valence-electron chi connectivity index (χ4n) is 8.00. The number of nitrogens with one attached hydrogen (secondary N) is 9. The lowest BCUT2D eigenvalue weighted by Gasteiger charge is -2.29. The van der Waals surface area contributed by atoms with E-state index in [0.717, 1.165) is 46.3 Å². The maximum atomic E-state index is 11.9. The minimum atomic E-state index is -0.772. The lowest BCUT2D eigenvalue weighted by molar-refractivity contribution is -0.134. The molecular weight excluding hydrogens is 1070 g/mol. The van der Waals surface area contributed by atoms with Crippen LogP contribution in [-0.2, 0) is 43.2 Å². The van der Waals surface area contributed by atoms with Gasteiger partial charge in [0.1, 0.15) is 18.1 Å². The van der Waals surface area contributed by atoms with Crippen LogP contribution in [0.15, 0.2) is 48.6 Å². The summed E-state index contributed by atoms with van der Waals surface area (Å²) >= 11 is 0. The fourth-order valence-corrected chi connectivity index (χ4v) is 8.00. The molecule has 0 radical (unpaired) electrons. The van der Waals surface area contributed by atoms with Gasteiger partial charge in [0.25, 0.3) is 17.7 Å². The van der Waals surface area contributed by atoms with Crippen LogP contribution in [0.5, 0.6) is 0 Å². The van der Waals surface area contributed by atoms with Crippen molar-refractivity contribution in [2.45, 2.75) is 187 Å². The van der Waals surface area contributed by atoms with E-state index < -0.39 is 53.9 Å². The number of unbranched alkanes of at least 4 members (excludes halogenated alkanes) is 8. The van der Waals surface area contributed by atoms with Crippen molar-refractivity contribution in [1.29, 1.82) is 0 Å². The van der Waals surface area contributed by atoms with Crippen LogP contribution in [0.4, 0.5) is 14.4 Å². The predicted octanol–water partition coefficient (Wildman–Crippen LogP) is 4.81. The Morgan fingerprint density at radius 1 is 0.422 bits per heavy atom. The highest BCUT2D eigenvalue weighted by molar-refractivity contribution is 6.02. The SMILES string of the molecule is CC(C)CCC/C=C\CCC(=O)NCCC(=O)N[C@@H]1CNC(=O)N(C)C1=O.CCCCC/C=C\C/C=C\CCC(=O)NCCC(=O)N[C@@H]1CNC(=O)N(C)C1=O.CCCCCC/C=C\CCC(=O)NCCC(=O)N[C@@H]1CNC(=O)N(C)C1=O. The molecule has 0 unspecified atom stereocenters. The Morgan fingerprint density at radius 3 is 1.07 bits per heavy atom. The second-order valence-electron chi connectivity index (χ2n) is 20.8. The summed E-state index contributed by atoms with van der Waals surface area (Å²) in [7, 11) is 4.07. The molecule has 0 aliphatic carbocycles. The van der Waals surface area contributed by atoms with Crippen LogP contribution in [0.1, 0.15) is 169 Å². The summed E-state index contributed by atoms with van der Waals surface area (Å²) in [5.41, 5.74) is 0. The molecule has 3 fully saturated rings. The number of amides is 15. The molecule has 466 valence electrons. The monoisotopic (exact) mass is 1170 g/mol. The van der Waals surface area contributed by atoms with Crippen molar-refractivity contribution in [3.63, 3.8) is 0 Å². The van der Waals surface area contributed by atoms with E-state index in [9.17, 15) is 57.5 Å². The van der Waals surface area contributed by atoms with Crippen molar-refractivity contribution in [3.8, 4) is 0 Å². The number of rotatable bonds is 36. The number of carbonyl (C=O) groups excluding carboxylic acids is 12. The van der Waals surface area contributed by atoms with Gasteiger partial charge < -0.3 is 47.9 Å². The third-order valence-corrected chi connectivity index (χ3v) is 13.1. The quantitative estimate of drug-likeness (QED) is 0.0302. The Balaban J connectivity index is 0.000000623. The Kier molecular flexibility index (Phi) is 40.0. The molecule has 24 nitrogen and oxygen atoms in total. The van der Waals surface area contributed by atoms with E-state index in [1.54, 1.807) is 0 Å². The Bertz CT molecular complexity index is 2200. The number of imide groups is 3. The molecule has 3 aliphatic rings. The summed E-state index contributed by atoms with van der Waals surface area (Å²) in [6.45, 7) is 9.64. The largest absolute Gasteiger partial charge is 0.356 e. The number of nitrogens with zero attached hydrogens (tertiary/aromatic N) is 3. The molecule has 83 heavy (non-hydrogen) atoms. The number of hydrogen-bond acceptors (Lipinski definition) is 12. The van der Waals surface area contributed by atoms with Crippen molar-refractivity contribution >= 4 is 71.3 Å². The zero-order chi connectivity index (χ0) is 61.8. The average molecular weight is 1170 g/mol. The number of hydrogen-bond donors (Lipinski definition) is 9. The molecular formula is C59H98N12O12.